The number of nitrogens with zero attached hydrogens (tertiary/aromatic N) is 3. The summed E-state index contributed by atoms with van der Waals surface area (Å²) < 4.78 is 15.0. The quantitative estimate of drug-likeness (QED) is 0.644. The average Bonchev–Trinajstić information content (AvgIpc) is 3.10. The molecule has 2 aromatic heterocycles. The number of hydrogen-bond donors (Lipinski definition) is 2. The van der Waals surface area contributed by atoms with E-state index in [1.54, 1.807) is 12.3 Å². The topological polar surface area (TPSA) is 84.1 Å². The number of carbonyl (C=O) groups excluding carboxylic acids is 1. The molecule has 3 N–H and O–H groups in total. The molecule has 0 unspecified atom stereocenters. The number of halogens is 1. The van der Waals surface area contributed by atoms with Gasteiger partial charge in [0.2, 0.25) is 0 Å². The number of amides is 1. The summed E-state index contributed by atoms with van der Waals surface area (Å²) in [5, 5.41) is 3.06. The summed E-state index contributed by atoms with van der Waals surface area (Å²) in [6.07, 6.45) is 7.25. The van der Waals surface area contributed by atoms with Crippen molar-refractivity contribution < 1.29 is 9.18 Å². The zero-order valence-electron chi connectivity index (χ0n) is 17.6. The van der Waals surface area contributed by atoms with Crippen molar-refractivity contribution in [1.82, 2.24) is 15.3 Å². The highest BCUT2D eigenvalue weighted by Gasteiger charge is 2.27. The average molecular weight is 440 g/mol. The molecular weight excluding hydrogens is 413 g/mol. The van der Waals surface area contributed by atoms with Crippen LogP contribution in [0.3, 0.4) is 0 Å². The predicted octanol–water partition coefficient (Wildman–Crippen LogP) is 4.00. The zero-order chi connectivity index (χ0) is 21.5. The molecule has 1 aliphatic carbocycles. The summed E-state index contributed by atoms with van der Waals surface area (Å²) in [6, 6.07) is 3.69. The number of aryl methyl sites for hydroxylation is 2. The van der Waals surface area contributed by atoms with E-state index in [0.717, 1.165) is 61.3 Å². The fraction of sp³-hybridized carbons (Fsp3) is 0.435. The molecule has 1 amide bonds. The molecule has 5 rings (SSSR count). The van der Waals surface area contributed by atoms with Gasteiger partial charge in [0.05, 0.1) is 11.4 Å². The van der Waals surface area contributed by atoms with Crippen molar-refractivity contribution >= 4 is 39.0 Å². The van der Waals surface area contributed by atoms with Crippen LogP contribution in [0.15, 0.2) is 18.3 Å². The fourth-order valence-corrected chi connectivity index (χ4v) is 5.66. The molecule has 0 bridgehead atoms. The van der Waals surface area contributed by atoms with Gasteiger partial charge < -0.3 is 16.0 Å². The van der Waals surface area contributed by atoms with Crippen LogP contribution in [0.2, 0.25) is 0 Å². The van der Waals surface area contributed by atoms with Crippen LogP contribution in [-0.2, 0) is 12.8 Å². The Kier molecular flexibility index (Phi) is 5.25. The van der Waals surface area contributed by atoms with Gasteiger partial charge in [0, 0.05) is 31.0 Å². The number of thiophene rings is 1. The Bertz CT molecular complexity index is 1150. The molecule has 3 heterocycles. The standard InChI is InChI=1S/C23H26FN5OS/c1-13-12-26-20-19(25)21(31-23(20)27-13)22(30)28-15-6-5-14-9-16(11-18(24)17(14)10-15)29-7-3-2-4-8-29/h9,11-12,15H,2-8,10,25H2,1H3,(H,28,30)/t15-/m1/s1. The van der Waals surface area contributed by atoms with Crippen molar-refractivity contribution in [2.24, 2.45) is 0 Å². The molecule has 1 aliphatic heterocycles. The SMILES string of the molecule is Cc1cnc2c(N)c(C(=O)N[C@@H]3CCc4cc(N5CCCCC5)cc(F)c4C3)sc2n1. The number of rotatable bonds is 3. The molecule has 1 aromatic carbocycles. The molecule has 1 atom stereocenters. The highest BCUT2D eigenvalue weighted by atomic mass is 32.1. The first kappa shape index (κ1) is 20.2. The van der Waals surface area contributed by atoms with E-state index >= 15 is 0 Å². The lowest BCUT2D eigenvalue weighted by Crippen LogP contribution is -2.39. The maximum absolute atomic E-state index is 15.0. The lowest BCUT2D eigenvalue weighted by atomic mass is 9.87. The van der Waals surface area contributed by atoms with E-state index in [9.17, 15) is 9.18 Å². The van der Waals surface area contributed by atoms with Crippen LogP contribution in [0.4, 0.5) is 15.8 Å². The second-order valence-electron chi connectivity index (χ2n) is 8.54. The molecule has 0 spiro atoms. The Labute approximate surface area is 184 Å². The normalized spacial score (nSPS) is 18.8. The van der Waals surface area contributed by atoms with Crippen molar-refractivity contribution in [2.45, 2.75) is 51.5 Å². The smallest absolute Gasteiger partial charge is 0.263 e. The summed E-state index contributed by atoms with van der Waals surface area (Å²) in [4.78, 5) is 25.0. The maximum atomic E-state index is 15.0. The number of benzene rings is 1. The third-order valence-corrected chi connectivity index (χ3v) is 7.39. The molecule has 3 aromatic rings. The number of aromatic nitrogens is 2. The second-order valence-corrected chi connectivity index (χ2v) is 9.54. The third kappa shape index (κ3) is 3.84. The number of anilines is 2. The highest BCUT2D eigenvalue weighted by molar-refractivity contribution is 7.21. The van der Waals surface area contributed by atoms with Gasteiger partial charge in [-0.15, -0.1) is 11.3 Å². The third-order valence-electron chi connectivity index (χ3n) is 6.31. The minimum absolute atomic E-state index is 0.123. The minimum Gasteiger partial charge on any atom is -0.396 e. The van der Waals surface area contributed by atoms with Crippen LogP contribution >= 0.6 is 11.3 Å². The number of nitrogens with one attached hydrogen (secondary N) is 1. The molecule has 1 saturated heterocycles. The first-order valence-electron chi connectivity index (χ1n) is 10.9. The van der Waals surface area contributed by atoms with Gasteiger partial charge in [0.1, 0.15) is 21.0 Å². The Morgan fingerprint density at radius 1 is 1.29 bits per heavy atom. The minimum atomic E-state index is -0.237. The molecular formula is C23H26FN5OS. The van der Waals surface area contributed by atoms with Crippen molar-refractivity contribution in [3.8, 4) is 0 Å². The van der Waals surface area contributed by atoms with Crippen molar-refractivity contribution in [2.75, 3.05) is 23.7 Å². The van der Waals surface area contributed by atoms with Crippen molar-refractivity contribution in [3.05, 3.63) is 45.8 Å². The summed E-state index contributed by atoms with van der Waals surface area (Å²) >= 11 is 1.25. The fourth-order valence-electron chi connectivity index (χ4n) is 4.66. The van der Waals surface area contributed by atoms with Gasteiger partial charge >= 0.3 is 0 Å². The van der Waals surface area contributed by atoms with Crippen LogP contribution in [0.1, 0.15) is 52.2 Å². The van der Waals surface area contributed by atoms with Gasteiger partial charge in [-0.3, -0.25) is 4.79 Å². The Morgan fingerprint density at radius 2 is 2.10 bits per heavy atom. The van der Waals surface area contributed by atoms with Crippen molar-refractivity contribution in [1.29, 1.82) is 0 Å². The molecule has 31 heavy (non-hydrogen) atoms. The van der Waals surface area contributed by atoms with E-state index in [-0.39, 0.29) is 17.8 Å². The molecule has 8 heteroatoms. The highest BCUT2D eigenvalue weighted by Crippen LogP contribution is 2.33. The van der Waals surface area contributed by atoms with E-state index in [1.165, 1.54) is 17.8 Å². The van der Waals surface area contributed by atoms with Crippen LogP contribution in [0.25, 0.3) is 10.3 Å². The summed E-state index contributed by atoms with van der Waals surface area (Å²) in [6.45, 7) is 3.85. The van der Waals surface area contributed by atoms with E-state index in [1.807, 2.05) is 6.92 Å². The molecule has 162 valence electrons. The maximum Gasteiger partial charge on any atom is 0.263 e. The summed E-state index contributed by atoms with van der Waals surface area (Å²) in [5.74, 6) is -0.402. The van der Waals surface area contributed by atoms with Crippen molar-refractivity contribution in [3.63, 3.8) is 0 Å². The number of nitrogens with two attached hydrogens (primary N) is 1. The predicted molar refractivity (Wildman–Crippen MR) is 122 cm³/mol. The molecule has 6 nitrogen and oxygen atoms in total. The Balaban J connectivity index is 1.33. The number of carbonyl (C=O) groups is 1. The van der Waals surface area contributed by atoms with Gasteiger partial charge in [-0.1, -0.05) is 0 Å². The second kappa shape index (κ2) is 8.07. The molecule has 0 radical (unpaired) electrons. The summed E-state index contributed by atoms with van der Waals surface area (Å²) in [7, 11) is 0. The number of hydrogen-bond acceptors (Lipinski definition) is 6. The Morgan fingerprint density at radius 3 is 2.90 bits per heavy atom. The van der Waals surface area contributed by atoms with Gasteiger partial charge in [-0.2, -0.15) is 0 Å². The van der Waals surface area contributed by atoms with E-state index in [4.69, 9.17) is 5.73 Å². The van der Waals surface area contributed by atoms with Crippen LogP contribution in [0, 0.1) is 12.7 Å². The van der Waals surface area contributed by atoms with Gasteiger partial charge in [-0.25, -0.2) is 14.4 Å². The van der Waals surface area contributed by atoms with Gasteiger partial charge in [0.15, 0.2) is 0 Å². The van der Waals surface area contributed by atoms with E-state index in [2.05, 4.69) is 26.3 Å². The van der Waals surface area contributed by atoms with Crippen LogP contribution in [0.5, 0.6) is 0 Å². The Hall–Kier alpha value is -2.74. The summed E-state index contributed by atoms with van der Waals surface area (Å²) in [5.41, 5.74) is 10.6. The first-order valence-corrected chi connectivity index (χ1v) is 11.7. The molecule has 1 fully saturated rings. The molecule has 0 saturated carbocycles. The van der Waals surface area contributed by atoms with Crippen LogP contribution < -0.4 is 16.0 Å². The van der Waals surface area contributed by atoms with E-state index in [0.29, 0.717) is 27.3 Å². The monoisotopic (exact) mass is 439 g/mol. The lowest BCUT2D eigenvalue weighted by Gasteiger charge is -2.31. The van der Waals surface area contributed by atoms with E-state index < -0.39 is 0 Å². The molecule has 2 aliphatic rings. The number of nitrogen functional groups attached to an aromatic ring is 1. The number of piperidine rings is 1. The van der Waals surface area contributed by atoms with Crippen LogP contribution in [-0.4, -0.2) is 35.0 Å². The number of fused-ring (bicyclic) bond motifs is 2. The first-order chi connectivity index (χ1) is 15.0. The van der Waals surface area contributed by atoms with Gasteiger partial charge in [0.25, 0.3) is 5.91 Å². The zero-order valence-corrected chi connectivity index (χ0v) is 18.4. The van der Waals surface area contributed by atoms with Gasteiger partial charge in [-0.05, 0) is 68.7 Å². The lowest BCUT2D eigenvalue weighted by molar-refractivity contribution is 0.0938. The largest absolute Gasteiger partial charge is 0.396 e.